The third-order valence-corrected chi connectivity index (χ3v) is 3.33. The number of hydrogen-bond donors (Lipinski definition) is 1. The Bertz CT molecular complexity index is 596. The molecule has 2 heterocycles. The van der Waals surface area contributed by atoms with Crippen molar-refractivity contribution in [3.8, 4) is 0 Å². The van der Waals surface area contributed by atoms with Crippen molar-refractivity contribution >= 4 is 17.7 Å². The zero-order valence-corrected chi connectivity index (χ0v) is 12.4. The molecule has 9 nitrogen and oxygen atoms in total. The fourth-order valence-corrected chi connectivity index (χ4v) is 2.10. The molecule has 0 saturated carbocycles. The highest BCUT2D eigenvalue weighted by atomic mass is 16.2. The number of nitrogens with zero attached hydrogens (tertiary/aromatic N) is 5. The molecule has 118 valence electrons. The number of likely N-dealkylation sites (N-methyl/N-ethyl adjacent to an activating group) is 1. The molecule has 9 heteroatoms. The minimum absolute atomic E-state index is 0.0389. The highest BCUT2D eigenvalue weighted by molar-refractivity contribution is 5.91. The third-order valence-electron chi connectivity index (χ3n) is 3.33. The fourth-order valence-electron chi connectivity index (χ4n) is 2.10. The van der Waals surface area contributed by atoms with Crippen LogP contribution in [-0.2, 0) is 27.5 Å². The molecule has 1 saturated heterocycles. The van der Waals surface area contributed by atoms with E-state index in [1.54, 1.807) is 18.1 Å². The number of rotatable bonds is 5. The largest absolute Gasteiger partial charge is 0.358 e. The number of nitrogens with one attached hydrogen (secondary N) is 1. The Kier molecular flexibility index (Phi) is 4.87. The molecule has 1 aliphatic heterocycles. The molecule has 0 atom stereocenters. The first-order valence-corrected chi connectivity index (χ1v) is 6.82. The maximum Gasteiger partial charge on any atom is 0.246 e. The van der Waals surface area contributed by atoms with Gasteiger partial charge >= 0.3 is 0 Å². The van der Waals surface area contributed by atoms with Crippen molar-refractivity contribution in [2.24, 2.45) is 0 Å². The average Bonchev–Trinajstić information content (AvgIpc) is 2.95. The normalized spacial score (nSPS) is 14.9. The second-order valence-electron chi connectivity index (χ2n) is 4.86. The Balaban J connectivity index is 1.92. The van der Waals surface area contributed by atoms with Gasteiger partial charge in [-0.3, -0.25) is 14.4 Å². The molecule has 2 rings (SSSR count). The van der Waals surface area contributed by atoms with E-state index in [4.69, 9.17) is 0 Å². The minimum Gasteiger partial charge on any atom is -0.358 e. The van der Waals surface area contributed by atoms with Crippen molar-refractivity contribution < 1.29 is 14.4 Å². The monoisotopic (exact) mass is 306 g/mol. The fraction of sp³-hybridized carbons (Fsp3) is 0.462. The van der Waals surface area contributed by atoms with Gasteiger partial charge in [0, 0.05) is 20.1 Å². The first-order chi connectivity index (χ1) is 10.5. The molecule has 1 aromatic rings. The van der Waals surface area contributed by atoms with Crippen LogP contribution in [0.5, 0.6) is 0 Å². The van der Waals surface area contributed by atoms with Crippen molar-refractivity contribution in [3.05, 3.63) is 24.5 Å². The van der Waals surface area contributed by atoms with Gasteiger partial charge in [-0.05, 0) is 6.08 Å². The van der Waals surface area contributed by atoms with Gasteiger partial charge < -0.3 is 15.1 Å². The molecule has 0 aliphatic carbocycles. The van der Waals surface area contributed by atoms with Gasteiger partial charge in [0.05, 0.1) is 12.7 Å². The van der Waals surface area contributed by atoms with Crippen LogP contribution in [0.1, 0.15) is 5.69 Å². The number of piperazine rings is 1. The molecule has 1 aliphatic rings. The first-order valence-electron chi connectivity index (χ1n) is 6.82. The zero-order chi connectivity index (χ0) is 16.1. The summed E-state index contributed by atoms with van der Waals surface area (Å²) in [6, 6.07) is 0. The van der Waals surface area contributed by atoms with Crippen molar-refractivity contribution in [3.63, 3.8) is 0 Å². The van der Waals surface area contributed by atoms with E-state index in [1.807, 2.05) is 0 Å². The van der Waals surface area contributed by atoms with Crippen molar-refractivity contribution in [1.82, 2.24) is 30.1 Å². The molecule has 0 aromatic carbocycles. The second-order valence-corrected chi connectivity index (χ2v) is 4.86. The Hall–Kier alpha value is -2.71. The summed E-state index contributed by atoms with van der Waals surface area (Å²) in [6.07, 6.45) is 2.83. The number of carbonyl (C=O) groups excluding carboxylic acids is 3. The lowest BCUT2D eigenvalue weighted by Crippen LogP contribution is -2.51. The van der Waals surface area contributed by atoms with E-state index in [0.717, 1.165) is 0 Å². The van der Waals surface area contributed by atoms with E-state index in [0.29, 0.717) is 25.3 Å². The van der Waals surface area contributed by atoms with Gasteiger partial charge in [-0.15, -0.1) is 5.10 Å². The first kappa shape index (κ1) is 15.7. The van der Waals surface area contributed by atoms with Gasteiger partial charge in [-0.2, -0.15) is 0 Å². The molecular weight excluding hydrogens is 288 g/mol. The molecule has 1 aromatic heterocycles. The van der Waals surface area contributed by atoms with Crippen LogP contribution in [0.2, 0.25) is 0 Å². The summed E-state index contributed by atoms with van der Waals surface area (Å²) in [7, 11) is 1.54. The minimum atomic E-state index is -0.246. The second kappa shape index (κ2) is 6.83. The summed E-state index contributed by atoms with van der Waals surface area (Å²) in [4.78, 5) is 37.8. The number of hydrogen-bond acceptors (Lipinski definition) is 5. The number of carbonyl (C=O) groups is 3. The molecule has 22 heavy (non-hydrogen) atoms. The topological polar surface area (TPSA) is 100 Å². The van der Waals surface area contributed by atoms with E-state index in [1.165, 1.54) is 15.7 Å². The van der Waals surface area contributed by atoms with Crippen LogP contribution in [-0.4, -0.2) is 69.2 Å². The Labute approximate surface area is 127 Å². The lowest BCUT2D eigenvalue weighted by atomic mass is 10.2. The molecule has 1 fully saturated rings. The summed E-state index contributed by atoms with van der Waals surface area (Å²) in [5, 5.41) is 10.3. The molecular formula is C13H18N6O3. The standard InChI is InChI=1S/C13H18N6O3/c1-3-12(21)18-5-4-17(13(22)9-18)6-10-7-19(16-15-10)8-11(20)14-2/h3,7H,1,4-6,8-9H2,2H3,(H,14,20). The Morgan fingerprint density at radius 1 is 1.45 bits per heavy atom. The molecule has 0 unspecified atom stereocenters. The zero-order valence-electron chi connectivity index (χ0n) is 12.4. The van der Waals surface area contributed by atoms with Crippen LogP contribution in [0.3, 0.4) is 0 Å². The maximum atomic E-state index is 12.0. The van der Waals surface area contributed by atoms with Gasteiger partial charge in [-0.25, -0.2) is 4.68 Å². The highest BCUT2D eigenvalue weighted by Gasteiger charge is 2.26. The van der Waals surface area contributed by atoms with Crippen molar-refractivity contribution in [2.45, 2.75) is 13.1 Å². The maximum absolute atomic E-state index is 12.0. The SMILES string of the molecule is C=CC(=O)N1CCN(Cc2cn(CC(=O)NC)nn2)C(=O)C1. The Morgan fingerprint density at radius 2 is 2.23 bits per heavy atom. The average molecular weight is 306 g/mol. The van der Waals surface area contributed by atoms with E-state index < -0.39 is 0 Å². The van der Waals surface area contributed by atoms with Gasteiger partial charge in [-0.1, -0.05) is 11.8 Å². The summed E-state index contributed by atoms with van der Waals surface area (Å²) < 4.78 is 1.41. The third kappa shape index (κ3) is 3.68. The van der Waals surface area contributed by atoms with Crippen molar-refractivity contribution in [2.75, 3.05) is 26.7 Å². The quantitative estimate of drug-likeness (QED) is 0.659. The molecule has 0 bridgehead atoms. The predicted molar refractivity (Wildman–Crippen MR) is 76.3 cm³/mol. The van der Waals surface area contributed by atoms with E-state index in [-0.39, 0.29) is 30.8 Å². The Morgan fingerprint density at radius 3 is 2.86 bits per heavy atom. The van der Waals surface area contributed by atoms with E-state index in [2.05, 4.69) is 22.2 Å². The lowest BCUT2D eigenvalue weighted by Gasteiger charge is -2.33. The summed E-state index contributed by atoms with van der Waals surface area (Å²) in [6.45, 7) is 4.73. The van der Waals surface area contributed by atoms with Crippen LogP contribution in [0.25, 0.3) is 0 Å². The van der Waals surface area contributed by atoms with Crippen LogP contribution in [0.15, 0.2) is 18.9 Å². The summed E-state index contributed by atoms with van der Waals surface area (Å²) in [5.41, 5.74) is 0.598. The van der Waals surface area contributed by atoms with Crippen LogP contribution >= 0.6 is 0 Å². The van der Waals surface area contributed by atoms with Crippen LogP contribution < -0.4 is 5.32 Å². The summed E-state index contributed by atoms with van der Waals surface area (Å²) >= 11 is 0. The van der Waals surface area contributed by atoms with E-state index >= 15 is 0 Å². The van der Waals surface area contributed by atoms with Gasteiger partial charge in [0.1, 0.15) is 18.8 Å². The molecule has 3 amide bonds. The predicted octanol–water partition coefficient (Wildman–Crippen LogP) is -1.62. The van der Waals surface area contributed by atoms with Gasteiger partial charge in [0.25, 0.3) is 0 Å². The number of aromatic nitrogens is 3. The van der Waals surface area contributed by atoms with Gasteiger partial charge in [0.15, 0.2) is 0 Å². The highest BCUT2D eigenvalue weighted by Crippen LogP contribution is 2.08. The van der Waals surface area contributed by atoms with Crippen LogP contribution in [0.4, 0.5) is 0 Å². The molecule has 0 radical (unpaired) electrons. The molecule has 1 N–H and O–H groups in total. The van der Waals surface area contributed by atoms with Crippen LogP contribution in [0, 0.1) is 0 Å². The smallest absolute Gasteiger partial charge is 0.246 e. The number of amides is 3. The van der Waals surface area contributed by atoms with E-state index in [9.17, 15) is 14.4 Å². The van der Waals surface area contributed by atoms with Crippen molar-refractivity contribution in [1.29, 1.82) is 0 Å². The molecule has 0 spiro atoms. The lowest BCUT2D eigenvalue weighted by molar-refractivity contribution is -0.143. The summed E-state index contributed by atoms with van der Waals surface area (Å²) in [5.74, 6) is -0.573. The van der Waals surface area contributed by atoms with Gasteiger partial charge in [0.2, 0.25) is 17.7 Å².